The van der Waals surface area contributed by atoms with E-state index in [0.717, 1.165) is 12.8 Å². The quantitative estimate of drug-likeness (QED) is 0.688. The molecule has 0 heterocycles. The van der Waals surface area contributed by atoms with E-state index in [-0.39, 0.29) is 12.6 Å². The molecule has 108 valence electrons. The van der Waals surface area contributed by atoms with Crippen molar-refractivity contribution in [1.82, 2.24) is 0 Å². The largest absolute Gasteiger partial charge is 0.356 e. The standard InChI is InChI=1S/C14H28O4/c1-15-13(16-2)11-9-7-5-6-8-10-12(11)14(17-3)18-4/h11-14H,5-10H2,1-4H3. The van der Waals surface area contributed by atoms with Crippen LogP contribution >= 0.6 is 0 Å². The summed E-state index contributed by atoms with van der Waals surface area (Å²) in [5, 5.41) is 0. The van der Waals surface area contributed by atoms with Gasteiger partial charge in [0.25, 0.3) is 0 Å². The number of methoxy groups -OCH3 is 4. The van der Waals surface area contributed by atoms with Crippen molar-refractivity contribution < 1.29 is 18.9 Å². The van der Waals surface area contributed by atoms with E-state index in [1.54, 1.807) is 28.4 Å². The van der Waals surface area contributed by atoms with Gasteiger partial charge in [0.15, 0.2) is 12.6 Å². The van der Waals surface area contributed by atoms with E-state index in [0.29, 0.717) is 11.8 Å². The fourth-order valence-electron chi connectivity index (χ4n) is 3.11. The Morgan fingerprint density at radius 1 is 0.611 bits per heavy atom. The third-order valence-corrected chi connectivity index (χ3v) is 4.00. The normalized spacial score (nSPS) is 26.3. The molecule has 0 aromatic heterocycles. The molecule has 0 bridgehead atoms. The summed E-state index contributed by atoms with van der Waals surface area (Å²) in [5.74, 6) is 0.676. The van der Waals surface area contributed by atoms with E-state index < -0.39 is 0 Å². The highest BCUT2D eigenvalue weighted by Crippen LogP contribution is 2.35. The van der Waals surface area contributed by atoms with Gasteiger partial charge in [-0.25, -0.2) is 0 Å². The van der Waals surface area contributed by atoms with Crippen LogP contribution in [0.3, 0.4) is 0 Å². The Morgan fingerprint density at radius 3 is 1.22 bits per heavy atom. The topological polar surface area (TPSA) is 36.9 Å². The van der Waals surface area contributed by atoms with Crippen LogP contribution in [0.5, 0.6) is 0 Å². The van der Waals surface area contributed by atoms with Crippen LogP contribution in [0, 0.1) is 11.8 Å². The molecule has 0 radical (unpaired) electrons. The average molecular weight is 260 g/mol. The summed E-state index contributed by atoms with van der Waals surface area (Å²) in [6.45, 7) is 0. The summed E-state index contributed by atoms with van der Waals surface area (Å²) in [4.78, 5) is 0. The van der Waals surface area contributed by atoms with Crippen molar-refractivity contribution in [2.75, 3.05) is 28.4 Å². The minimum absolute atomic E-state index is 0.166. The first-order chi connectivity index (χ1) is 8.78. The van der Waals surface area contributed by atoms with Gasteiger partial charge in [0.2, 0.25) is 0 Å². The molecule has 0 aliphatic heterocycles. The molecule has 1 saturated carbocycles. The predicted molar refractivity (Wildman–Crippen MR) is 70.3 cm³/mol. The lowest BCUT2D eigenvalue weighted by atomic mass is 9.80. The second-order valence-corrected chi connectivity index (χ2v) is 5.00. The molecule has 0 saturated heterocycles. The minimum atomic E-state index is -0.166. The molecule has 0 spiro atoms. The molecule has 1 rings (SSSR count). The molecule has 4 nitrogen and oxygen atoms in total. The van der Waals surface area contributed by atoms with Gasteiger partial charge in [-0.3, -0.25) is 0 Å². The zero-order chi connectivity index (χ0) is 13.4. The molecule has 0 amide bonds. The molecule has 0 aromatic carbocycles. The fraction of sp³-hybridized carbons (Fsp3) is 1.00. The maximum atomic E-state index is 5.47. The Balaban J connectivity index is 2.79. The summed E-state index contributed by atoms with van der Waals surface area (Å²) < 4.78 is 21.9. The molecule has 1 aliphatic carbocycles. The van der Waals surface area contributed by atoms with Gasteiger partial charge >= 0.3 is 0 Å². The van der Waals surface area contributed by atoms with E-state index in [1.807, 2.05) is 0 Å². The Labute approximate surface area is 111 Å². The van der Waals surface area contributed by atoms with Gasteiger partial charge in [0.05, 0.1) is 0 Å². The van der Waals surface area contributed by atoms with Crippen LogP contribution in [0.2, 0.25) is 0 Å². The monoisotopic (exact) mass is 260 g/mol. The molecule has 0 N–H and O–H groups in total. The summed E-state index contributed by atoms with van der Waals surface area (Å²) in [6.07, 6.45) is 6.94. The molecular weight excluding hydrogens is 232 g/mol. The zero-order valence-electron chi connectivity index (χ0n) is 12.2. The van der Waals surface area contributed by atoms with Crippen LogP contribution in [-0.4, -0.2) is 41.0 Å². The first kappa shape index (κ1) is 15.9. The van der Waals surface area contributed by atoms with Crippen LogP contribution in [0.1, 0.15) is 38.5 Å². The van der Waals surface area contributed by atoms with Crippen molar-refractivity contribution in [1.29, 1.82) is 0 Å². The van der Waals surface area contributed by atoms with Gasteiger partial charge in [0, 0.05) is 40.3 Å². The van der Waals surface area contributed by atoms with E-state index >= 15 is 0 Å². The van der Waals surface area contributed by atoms with Crippen molar-refractivity contribution in [2.45, 2.75) is 51.1 Å². The van der Waals surface area contributed by atoms with Crippen molar-refractivity contribution in [3.8, 4) is 0 Å². The second kappa shape index (κ2) is 8.86. The Bertz CT molecular complexity index is 180. The maximum absolute atomic E-state index is 5.47. The number of hydrogen-bond acceptors (Lipinski definition) is 4. The zero-order valence-corrected chi connectivity index (χ0v) is 12.2. The minimum Gasteiger partial charge on any atom is -0.356 e. The lowest BCUT2D eigenvalue weighted by Gasteiger charge is -2.36. The Hall–Kier alpha value is -0.160. The van der Waals surface area contributed by atoms with E-state index in [2.05, 4.69) is 0 Å². The van der Waals surface area contributed by atoms with Crippen LogP contribution in [0.25, 0.3) is 0 Å². The SMILES string of the molecule is COC(OC)C1CCCCCCC1C(OC)OC. The highest BCUT2D eigenvalue weighted by molar-refractivity contribution is 4.78. The van der Waals surface area contributed by atoms with Gasteiger partial charge in [-0.15, -0.1) is 0 Å². The first-order valence-corrected chi connectivity index (χ1v) is 6.89. The molecular formula is C14H28O4. The highest BCUT2D eigenvalue weighted by Gasteiger charge is 2.35. The fourth-order valence-corrected chi connectivity index (χ4v) is 3.11. The van der Waals surface area contributed by atoms with E-state index in [1.165, 1.54) is 25.7 Å². The van der Waals surface area contributed by atoms with Crippen molar-refractivity contribution >= 4 is 0 Å². The van der Waals surface area contributed by atoms with Gasteiger partial charge in [0.1, 0.15) is 0 Å². The average Bonchev–Trinajstić information content (AvgIpc) is 2.37. The lowest BCUT2D eigenvalue weighted by Crippen LogP contribution is -2.39. The van der Waals surface area contributed by atoms with Gasteiger partial charge in [-0.05, 0) is 12.8 Å². The third-order valence-electron chi connectivity index (χ3n) is 4.00. The summed E-state index contributed by atoms with van der Waals surface area (Å²) >= 11 is 0. The van der Waals surface area contributed by atoms with Crippen LogP contribution in [-0.2, 0) is 18.9 Å². The second-order valence-electron chi connectivity index (χ2n) is 5.00. The van der Waals surface area contributed by atoms with Crippen molar-refractivity contribution in [3.63, 3.8) is 0 Å². The molecule has 2 atom stereocenters. The number of ether oxygens (including phenoxy) is 4. The van der Waals surface area contributed by atoms with Gasteiger partial charge < -0.3 is 18.9 Å². The summed E-state index contributed by atoms with van der Waals surface area (Å²) in [5.41, 5.74) is 0. The predicted octanol–water partition coefficient (Wildman–Crippen LogP) is 2.81. The number of hydrogen-bond donors (Lipinski definition) is 0. The van der Waals surface area contributed by atoms with Gasteiger partial charge in [-0.1, -0.05) is 25.7 Å². The first-order valence-electron chi connectivity index (χ1n) is 6.89. The van der Waals surface area contributed by atoms with E-state index in [4.69, 9.17) is 18.9 Å². The van der Waals surface area contributed by atoms with Crippen LogP contribution in [0.4, 0.5) is 0 Å². The Morgan fingerprint density at radius 2 is 0.944 bits per heavy atom. The molecule has 1 fully saturated rings. The molecule has 0 aromatic rings. The smallest absolute Gasteiger partial charge is 0.160 e. The third kappa shape index (κ3) is 4.19. The van der Waals surface area contributed by atoms with Crippen molar-refractivity contribution in [3.05, 3.63) is 0 Å². The summed E-state index contributed by atoms with van der Waals surface area (Å²) in [6, 6.07) is 0. The van der Waals surface area contributed by atoms with Gasteiger partial charge in [-0.2, -0.15) is 0 Å². The van der Waals surface area contributed by atoms with E-state index in [9.17, 15) is 0 Å². The summed E-state index contributed by atoms with van der Waals surface area (Å²) in [7, 11) is 6.83. The van der Waals surface area contributed by atoms with Crippen LogP contribution < -0.4 is 0 Å². The maximum Gasteiger partial charge on any atom is 0.160 e. The number of rotatable bonds is 6. The molecule has 4 heteroatoms. The molecule has 18 heavy (non-hydrogen) atoms. The van der Waals surface area contributed by atoms with Crippen molar-refractivity contribution in [2.24, 2.45) is 11.8 Å². The highest BCUT2D eigenvalue weighted by atomic mass is 16.7. The lowest BCUT2D eigenvalue weighted by molar-refractivity contribution is -0.205. The molecule has 1 aliphatic rings. The van der Waals surface area contributed by atoms with Crippen LogP contribution in [0.15, 0.2) is 0 Å². The molecule has 2 unspecified atom stereocenters. The Kier molecular flexibility index (Phi) is 7.82.